The summed E-state index contributed by atoms with van der Waals surface area (Å²) in [6.45, 7) is 1.51. The Morgan fingerprint density at radius 2 is 2.57 bits per heavy atom. The van der Waals surface area contributed by atoms with Gasteiger partial charge in [0.25, 0.3) is 0 Å². The first kappa shape index (κ1) is 9.21. The maximum Gasteiger partial charge on any atom is 0.220 e. The summed E-state index contributed by atoms with van der Waals surface area (Å²) in [5.74, 6) is 0.157. The maximum absolute atomic E-state index is 10.9. The summed E-state index contributed by atoms with van der Waals surface area (Å²) in [4.78, 5) is 17.8. The van der Waals surface area contributed by atoms with Gasteiger partial charge in [0.15, 0.2) is 0 Å². The Bertz CT molecular complexity index is 286. The van der Waals surface area contributed by atoms with Crippen molar-refractivity contribution < 1.29 is 4.79 Å². The number of hydrogen-bond donors (Lipinski definition) is 3. The van der Waals surface area contributed by atoms with Gasteiger partial charge in [-0.15, -0.1) is 0 Å². The molecule has 1 aliphatic rings. The van der Waals surface area contributed by atoms with Crippen molar-refractivity contribution in [2.75, 3.05) is 6.54 Å². The predicted octanol–water partition coefficient (Wildman–Crippen LogP) is -0.222. The lowest BCUT2D eigenvalue weighted by Crippen LogP contribution is -2.45. The van der Waals surface area contributed by atoms with Crippen LogP contribution in [0.4, 0.5) is 0 Å². The zero-order valence-electron chi connectivity index (χ0n) is 7.92. The zero-order valence-corrected chi connectivity index (χ0v) is 7.92. The molecule has 1 aliphatic heterocycles. The molecule has 76 valence electrons. The largest absolute Gasteiger partial charge is 0.355 e. The monoisotopic (exact) mass is 194 g/mol. The van der Waals surface area contributed by atoms with Gasteiger partial charge in [-0.25, -0.2) is 4.98 Å². The molecule has 0 saturated carbocycles. The van der Waals surface area contributed by atoms with Crippen LogP contribution in [-0.2, 0) is 11.3 Å². The smallest absolute Gasteiger partial charge is 0.220 e. The van der Waals surface area contributed by atoms with Gasteiger partial charge in [-0.1, -0.05) is 0 Å². The van der Waals surface area contributed by atoms with E-state index in [1.54, 1.807) is 12.5 Å². The number of imidazole rings is 1. The second kappa shape index (κ2) is 4.23. The molecule has 0 aliphatic carbocycles. The van der Waals surface area contributed by atoms with E-state index in [-0.39, 0.29) is 5.91 Å². The van der Waals surface area contributed by atoms with E-state index < -0.39 is 0 Å². The number of hydrogen-bond acceptors (Lipinski definition) is 3. The van der Waals surface area contributed by atoms with Gasteiger partial charge in [0.05, 0.1) is 6.33 Å². The summed E-state index contributed by atoms with van der Waals surface area (Å²) in [5.41, 5.74) is 1.07. The fraction of sp³-hybridized carbons (Fsp3) is 0.556. The third kappa shape index (κ3) is 2.32. The van der Waals surface area contributed by atoms with Crippen LogP contribution in [-0.4, -0.2) is 28.5 Å². The van der Waals surface area contributed by atoms with E-state index >= 15 is 0 Å². The highest BCUT2D eigenvalue weighted by molar-refractivity contribution is 5.76. The van der Waals surface area contributed by atoms with Crippen molar-refractivity contribution >= 4 is 5.91 Å². The number of rotatable bonds is 3. The molecule has 0 aromatic carbocycles. The molecule has 0 bridgehead atoms. The number of piperidine rings is 1. The molecule has 1 aromatic heterocycles. The van der Waals surface area contributed by atoms with E-state index in [1.165, 1.54) is 0 Å². The Labute approximate surface area is 82.3 Å². The highest BCUT2D eigenvalue weighted by Gasteiger charge is 2.16. The van der Waals surface area contributed by atoms with Gasteiger partial charge in [-0.05, 0) is 6.42 Å². The lowest BCUT2D eigenvalue weighted by molar-refractivity contribution is -0.122. The van der Waals surface area contributed by atoms with Gasteiger partial charge >= 0.3 is 0 Å². The van der Waals surface area contributed by atoms with Crippen LogP contribution in [0.2, 0.25) is 0 Å². The Morgan fingerprint density at radius 1 is 1.64 bits per heavy atom. The summed E-state index contributed by atoms with van der Waals surface area (Å²) in [7, 11) is 0. The normalized spacial score (nSPS) is 22.0. The second-order valence-corrected chi connectivity index (χ2v) is 3.50. The molecule has 0 radical (unpaired) electrons. The number of carbonyl (C=O) groups is 1. The van der Waals surface area contributed by atoms with Crippen molar-refractivity contribution in [2.24, 2.45) is 0 Å². The highest BCUT2D eigenvalue weighted by atomic mass is 16.1. The standard InChI is InChI=1S/C9H14N4O/c14-9-2-1-7(4-12-9)11-5-8-3-10-6-13-8/h3,6-7,11H,1-2,4-5H2,(H,10,13)(H,12,14). The molecule has 1 atom stereocenters. The van der Waals surface area contributed by atoms with E-state index in [0.717, 1.165) is 25.2 Å². The number of carbonyl (C=O) groups excluding carboxylic acids is 1. The Morgan fingerprint density at radius 3 is 3.21 bits per heavy atom. The molecule has 1 saturated heterocycles. The minimum absolute atomic E-state index is 0.157. The molecule has 14 heavy (non-hydrogen) atoms. The van der Waals surface area contributed by atoms with E-state index in [1.807, 2.05) is 0 Å². The molecular weight excluding hydrogens is 180 g/mol. The number of aromatic amines is 1. The molecule has 1 aromatic rings. The summed E-state index contributed by atoms with van der Waals surface area (Å²) in [6, 6.07) is 0.385. The first-order valence-corrected chi connectivity index (χ1v) is 4.82. The maximum atomic E-state index is 10.9. The van der Waals surface area contributed by atoms with Crippen molar-refractivity contribution in [2.45, 2.75) is 25.4 Å². The molecule has 1 fully saturated rings. The van der Waals surface area contributed by atoms with Crippen LogP contribution >= 0.6 is 0 Å². The second-order valence-electron chi connectivity index (χ2n) is 3.50. The molecule has 0 spiro atoms. The first-order valence-electron chi connectivity index (χ1n) is 4.82. The van der Waals surface area contributed by atoms with Crippen molar-refractivity contribution in [1.29, 1.82) is 0 Å². The number of nitrogens with zero attached hydrogens (tertiary/aromatic N) is 1. The average molecular weight is 194 g/mol. The fourth-order valence-electron chi connectivity index (χ4n) is 1.54. The summed E-state index contributed by atoms with van der Waals surface area (Å²) in [5, 5.41) is 6.19. The molecule has 3 N–H and O–H groups in total. The fourth-order valence-corrected chi connectivity index (χ4v) is 1.54. The topological polar surface area (TPSA) is 69.8 Å². The number of H-pyrrole nitrogens is 1. The van der Waals surface area contributed by atoms with Crippen LogP contribution in [0.15, 0.2) is 12.5 Å². The summed E-state index contributed by atoms with van der Waals surface area (Å²) in [6.07, 6.45) is 5.01. The van der Waals surface area contributed by atoms with Crippen LogP contribution in [0.5, 0.6) is 0 Å². The van der Waals surface area contributed by atoms with Gasteiger partial charge < -0.3 is 15.6 Å². The molecule has 1 amide bonds. The van der Waals surface area contributed by atoms with Crippen LogP contribution in [0.1, 0.15) is 18.5 Å². The summed E-state index contributed by atoms with van der Waals surface area (Å²) < 4.78 is 0. The molecule has 1 unspecified atom stereocenters. The van der Waals surface area contributed by atoms with Crippen molar-refractivity contribution in [3.8, 4) is 0 Å². The van der Waals surface area contributed by atoms with Gasteiger partial charge in [0, 0.05) is 37.4 Å². The van der Waals surface area contributed by atoms with Crippen molar-refractivity contribution in [3.63, 3.8) is 0 Å². The lowest BCUT2D eigenvalue weighted by Gasteiger charge is -2.23. The van der Waals surface area contributed by atoms with Crippen molar-refractivity contribution in [1.82, 2.24) is 20.6 Å². The molecule has 5 heteroatoms. The van der Waals surface area contributed by atoms with Crippen LogP contribution in [0.3, 0.4) is 0 Å². The van der Waals surface area contributed by atoms with Gasteiger partial charge in [0.2, 0.25) is 5.91 Å². The lowest BCUT2D eigenvalue weighted by atomic mass is 10.1. The van der Waals surface area contributed by atoms with E-state index in [2.05, 4.69) is 20.6 Å². The average Bonchev–Trinajstić information content (AvgIpc) is 2.70. The van der Waals surface area contributed by atoms with Crippen LogP contribution < -0.4 is 10.6 Å². The third-order valence-corrected chi connectivity index (χ3v) is 2.40. The predicted molar refractivity (Wildman–Crippen MR) is 51.5 cm³/mol. The van der Waals surface area contributed by atoms with E-state index in [0.29, 0.717) is 12.5 Å². The van der Waals surface area contributed by atoms with Gasteiger partial charge in [-0.2, -0.15) is 0 Å². The van der Waals surface area contributed by atoms with Crippen LogP contribution in [0.25, 0.3) is 0 Å². The third-order valence-electron chi connectivity index (χ3n) is 2.40. The first-order chi connectivity index (χ1) is 6.84. The SMILES string of the molecule is O=C1CCC(NCc2cnc[nH]2)CN1. The van der Waals surface area contributed by atoms with Crippen LogP contribution in [0, 0.1) is 0 Å². The molecular formula is C9H14N4O. The summed E-state index contributed by atoms with van der Waals surface area (Å²) >= 11 is 0. The Hall–Kier alpha value is -1.36. The minimum atomic E-state index is 0.157. The number of nitrogens with one attached hydrogen (secondary N) is 3. The molecule has 2 heterocycles. The van der Waals surface area contributed by atoms with Gasteiger partial charge in [0.1, 0.15) is 0 Å². The van der Waals surface area contributed by atoms with E-state index in [4.69, 9.17) is 0 Å². The minimum Gasteiger partial charge on any atom is -0.355 e. The van der Waals surface area contributed by atoms with E-state index in [9.17, 15) is 4.79 Å². The highest BCUT2D eigenvalue weighted by Crippen LogP contribution is 2.03. The van der Waals surface area contributed by atoms with Gasteiger partial charge in [-0.3, -0.25) is 4.79 Å². The van der Waals surface area contributed by atoms with Crippen molar-refractivity contribution in [3.05, 3.63) is 18.2 Å². The Balaban J connectivity index is 1.73. The quantitative estimate of drug-likeness (QED) is 0.623. The zero-order chi connectivity index (χ0) is 9.80. The number of aromatic nitrogens is 2. The Kier molecular flexibility index (Phi) is 2.78. The molecule has 2 rings (SSSR count). The number of amides is 1. The molecule has 5 nitrogen and oxygen atoms in total.